The van der Waals surface area contributed by atoms with Gasteiger partial charge in [-0.1, -0.05) is 80.1 Å². The summed E-state index contributed by atoms with van der Waals surface area (Å²) in [5.74, 6) is -1.13. The summed E-state index contributed by atoms with van der Waals surface area (Å²) >= 11 is 1.28. The average molecular weight is 676 g/mol. The van der Waals surface area contributed by atoms with Crippen LogP contribution in [0.4, 0.5) is 8.78 Å². The quantitative estimate of drug-likeness (QED) is 0.150. The fourth-order valence-corrected chi connectivity index (χ4v) is 6.83. The number of alkyl halides is 2. The van der Waals surface area contributed by atoms with Crippen LogP contribution in [-0.4, -0.2) is 50.0 Å². The van der Waals surface area contributed by atoms with E-state index in [1.54, 1.807) is 12.1 Å². The molecule has 4 aromatic carbocycles. The van der Waals surface area contributed by atoms with Gasteiger partial charge in [-0.05, 0) is 123 Å². The number of benzene rings is 4. The van der Waals surface area contributed by atoms with E-state index >= 15 is 0 Å². The molecule has 0 radical (unpaired) electrons. The maximum absolute atomic E-state index is 13.5. The molecule has 2 atom stereocenters. The zero-order valence-corrected chi connectivity index (χ0v) is 29.6. The molecule has 258 valence electrons. The van der Waals surface area contributed by atoms with E-state index in [0.29, 0.717) is 6.10 Å². The molecule has 48 heavy (non-hydrogen) atoms. The number of aldehydes is 1. The zero-order chi connectivity index (χ0) is 34.5. The van der Waals surface area contributed by atoms with E-state index in [2.05, 4.69) is 47.6 Å². The first-order chi connectivity index (χ1) is 23.3. The Kier molecular flexibility index (Phi) is 14.4. The third kappa shape index (κ3) is 10.3. The summed E-state index contributed by atoms with van der Waals surface area (Å²) in [4.78, 5) is 13.8. The van der Waals surface area contributed by atoms with Crippen LogP contribution < -0.4 is 15.2 Å². The van der Waals surface area contributed by atoms with Gasteiger partial charge in [0.05, 0.1) is 12.5 Å². The lowest BCUT2D eigenvalue weighted by molar-refractivity contribution is -0.115. The van der Waals surface area contributed by atoms with Gasteiger partial charge in [0.1, 0.15) is 12.0 Å². The van der Waals surface area contributed by atoms with Gasteiger partial charge in [-0.2, -0.15) is 0 Å². The predicted octanol–water partition coefficient (Wildman–Crippen LogP) is 9.41. The summed E-state index contributed by atoms with van der Waals surface area (Å²) in [6.45, 7) is 9.79. The SMILES string of the molecule is CC.CN1CCC2CNCC21.Cc1ccc(-c2ccc(C(F)(F)CC=O)cc2)cc1.NSc1ccc2cc(OC3CCCC3)ccc2c1. The minimum atomic E-state index is -3.09. The Morgan fingerprint density at radius 2 is 1.52 bits per heavy atom. The van der Waals surface area contributed by atoms with Crippen LogP contribution in [0.1, 0.15) is 63.5 Å². The first kappa shape index (κ1) is 37.5. The molecule has 0 spiro atoms. The summed E-state index contributed by atoms with van der Waals surface area (Å²) in [5, 5.41) is 11.4. The van der Waals surface area contributed by atoms with Crippen molar-refractivity contribution < 1.29 is 18.3 Å². The Morgan fingerprint density at radius 1 is 0.896 bits per heavy atom. The molecule has 5 nitrogen and oxygen atoms in total. The third-order valence-electron chi connectivity index (χ3n) is 9.28. The zero-order valence-electron chi connectivity index (χ0n) is 28.8. The molecular formula is C40H51F2N3O2S. The first-order valence-electron chi connectivity index (χ1n) is 17.2. The summed E-state index contributed by atoms with van der Waals surface area (Å²) in [6.07, 6.45) is 6.28. The van der Waals surface area contributed by atoms with Crippen LogP contribution in [0.25, 0.3) is 21.9 Å². The molecule has 7 rings (SSSR count). The predicted molar refractivity (Wildman–Crippen MR) is 197 cm³/mol. The minimum Gasteiger partial charge on any atom is -0.490 e. The number of nitrogens with two attached hydrogens (primary N) is 1. The highest BCUT2D eigenvalue weighted by Crippen LogP contribution is 2.32. The number of rotatable bonds is 7. The van der Waals surface area contributed by atoms with Gasteiger partial charge >= 0.3 is 0 Å². The number of carbonyl (C=O) groups is 1. The van der Waals surface area contributed by atoms with Crippen molar-refractivity contribution in [3.05, 3.63) is 96.1 Å². The first-order valence-corrected chi connectivity index (χ1v) is 18.1. The van der Waals surface area contributed by atoms with Gasteiger partial charge < -0.3 is 19.7 Å². The van der Waals surface area contributed by atoms with Crippen LogP contribution in [0.3, 0.4) is 0 Å². The van der Waals surface area contributed by atoms with Gasteiger partial charge in [0.25, 0.3) is 5.92 Å². The Morgan fingerprint density at radius 3 is 2.15 bits per heavy atom. The van der Waals surface area contributed by atoms with E-state index in [9.17, 15) is 13.6 Å². The van der Waals surface area contributed by atoms with Crippen LogP contribution in [-0.2, 0) is 10.7 Å². The number of aryl methyl sites for hydroxylation is 1. The van der Waals surface area contributed by atoms with E-state index in [1.165, 1.54) is 86.6 Å². The number of likely N-dealkylation sites (tertiary alicyclic amines) is 1. The van der Waals surface area contributed by atoms with Crippen molar-refractivity contribution in [1.29, 1.82) is 0 Å². The lowest BCUT2D eigenvalue weighted by atomic mass is 10.00. The summed E-state index contributed by atoms with van der Waals surface area (Å²) in [7, 11) is 2.23. The summed E-state index contributed by atoms with van der Waals surface area (Å²) in [6, 6.07) is 27.3. The molecule has 1 aliphatic carbocycles. The number of nitrogens with one attached hydrogen (secondary N) is 1. The second-order valence-corrected chi connectivity index (χ2v) is 13.3. The Balaban J connectivity index is 0.000000167. The third-order valence-corrected chi connectivity index (χ3v) is 9.81. The number of fused-ring (bicyclic) bond motifs is 2. The molecule has 2 aliphatic heterocycles. The van der Waals surface area contributed by atoms with Crippen LogP contribution in [0.15, 0.2) is 89.8 Å². The van der Waals surface area contributed by atoms with Crippen molar-refractivity contribution in [2.24, 2.45) is 11.1 Å². The van der Waals surface area contributed by atoms with Gasteiger partial charge in [-0.15, -0.1) is 0 Å². The molecular weight excluding hydrogens is 625 g/mol. The molecule has 3 N–H and O–H groups in total. The Labute approximate surface area is 289 Å². The molecule has 0 aromatic heterocycles. The monoisotopic (exact) mass is 675 g/mol. The maximum Gasteiger partial charge on any atom is 0.279 e. The van der Waals surface area contributed by atoms with Gasteiger partial charge in [-0.3, -0.25) is 5.14 Å². The van der Waals surface area contributed by atoms with Crippen LogP contribution in [0, 0.1) is 12.8 Å². The van der Waals surface area contributed by atoms with E-state index in [4.69, 9.17) is 9.88 Å². The second kappa shape index (κ2) is 18.5. The highest BCUT2D eigenvalue weighted by atomic mass is 32.2. The number of halogens is 2. The van der Waals surface area contributed by atoms with E-state index < -0.39 is 12.3 Å². The average Bonchev–Trinajstić information content (AvgIpc) is 3.88. The van der Waals surface area contributed by atoms with Crippen molar-refractivity contribution in [3.63, 3.8) is 0 Å². The van der Waals surface area contributed by atoms with Crippen molar-refractivity contribution in [1.82, 2.24) is 10.2 Å². The number of hydrogen-bond donors (Lipinski definition) is 2. The van der Waals surface area contributed by atoms with Gasteiger partial charge in [-0.25, -0.2) is 8.78 Å². The van der Waals surface area contributed by atoms with Gasteiger partial charge in [0.15, 0.2) is 0 Å². The number of ether oxygens (including phenoxy) is 1. The van der Waals surface area contributed by atoms with E-state index in [-0.39, 0.29) is 11.8 Å². The second-order valence-electron chi connectivity index (χ2n) is 12.6. The van der Waals surface area contributed by atoms with Crippen LogP contribution in [0.5, 0.6) is 5.75 Å². The molecule has 2 heterocycles. The smallest absolute Gasteiger partial charge is 0.279 e. The topological polar surface area (TPSA) is 67.6 Å². The molecule has 0 amide bonds. The molecule has 2 saturated heterocycles. The van der Waals surface area contributed by atoms with Gasteiger partial charge in [0.2, 0.25) is 0 Å². The Bertz CT molecular complexity index is 1560. The number of hydrogen-bond acceptors (Lipinski definition) is 6. The summed E-state index contributed by atoms with van der Waals surface area (Å²) in [5.41, 5.74) is 2.88. The minimum absolute atomic E-state index is 0.129. The van der Waals surface area contributed by atoms with Crippen LogP contribution in [0.2, 0.25) is 0 Å². The van der Waals surface area contributed by atoms with Crippen molar-refractivity contribution in [2.45, 2.75) is 82.3 Å². The number of likely N-dealkylation sites (N-methyl/N-ethyl adjacent to an activating group) is 1. The largest absolute Gasteiger partial charge is 0.490 e. The van der Waals surface area contributed by atoms with Crippen molar-refractivity contribution in [2.75, 3.05) is 26.7 Å². The fourth-order valence-electron chi connectivity index (χ4n) is 6.49. The Hall–Kier alpha value is -3.30. The summed E-state index contributed by atoms with van der Waals surface area (Å²) < 4.78 is 33.0. The number of nitrogens with zero attached hydrogens (tertiary/aromatic N) is 1. The molecule has 2 unspecified atom stereocenters. The molecule has 8 heteroatoms. The van der Waals surface area contributed by atoms with E-state index in [0.717, 1.165) is 39.3 Å². The lowest BCUT2D eigenvalue weighted by Gasteiger charge is -2.16. The maximum atomic E-state index is 13.5. The number of carbonyl (C=O) groups excluding carboxylic acids is 1. The molecule has 4 aromatic rings. The molecule has 1 saturated carbocycles. The standard InChI is InChI=1S/C16H14F2O.C15H17NOS.C7H14N2.C2H6/c1-12-2-4-13(5-3-12)14-6-8-15(9-7-14)16(17,18)10-11-19;16-18-15-8-6-11-9-14(7-5-12(11)10-15)17-13-3-1-2-4-13;1-9-3-2-6-4-8-5-7(6)9;1-2/h2-9,11H,10H2,1H3;5-10,13H,1-4,16H2;6-8H,2-5H2,1H3;1-2H3. The van der Waals surface area contributed by atoms with Crippen molar-refractivity contribution in [3.8, 4) is 16.9 Å². The molecule has 3 aliphatic rings. The van der Waals surface area contributed by atoms with E-state index in [1.807, 2.05) is 51.1 Å². The lowest BCUT2D eigenvalue weighted by Crippen LogP contribution is -2.30. The molecule has 3 fully saturated rings. The fraction of sp³-hybridized carbons (Fsp3) is 0.425. The van der Waals surface area contributed by atoms with Crippen molar-refractivity contribution >= 4 is 29.0 Å². The highest BCUT2D eigenvalue weighted by molar-refractivity contribution is 7.97. The van der Waals surface area contributed by atoms with Crippen LogP contribution >= 0.6 is 11.9 Å². The van der Waals surface area contributed by atoms with Gasteiger partial charge in [0, 0.05) is 23.0 Å². The normalized spacial score (nSPS) is 18.9. The highest BCUT2D eigenvalue weighted by Gasteiger charge is 2.35. The molecule has 0 bridgehead atoms.